The molecule has 0 radical (unpaired) electrons. The zero-order valence-electron chi connectivity index (χ0n) is 11.4. The molecule has 1 aromatic rings. The fourth-order valence-corrected chi connectivity index (χ4v) is 2.09. The fraction of sp³-hybridized carbons (Fsp3) is 0.538. The second kappa shape index (κ2) is 7.43. The monoisotopic (exact) mass is 289 g/mol. The van der Waals surface area contributed by atoms with Crippen LogP contribution in [-0.4, -0.2) is 41.1 Å². The molecule has 1 aliphatic heterocycles. The first kappa shape index (κ1) is 15.9. The van der Waals surface area contributed by atoms with Crippen LogP contribution in [0.5, 0.6) is 17.2 Å². The van der Waals surface area contributed by atoms with Crippen LogP contribution in [0.4, 0.5) is 0 Å². The normalized spacial score (nSPS) is 18.4. The maximum Gasteiger partial charge on any atom is 0.164 e. The van der Waals surface area contributed by atoms with Gasteiger partial charge in [0.25, 0.3) is 0 Å². The number of methoxy groups -OCH3 is 3. The molecular weight excluding hydrogens is 270 g/mol. The van der Waals surface area contributed by atoms with E-state index in [1.165, 1.54) is 0 Å². The maximum absolute atomic E-state index is 5.48. The third-order valence-corrected chi connectivity index (χ3v) is 3.03. The van der Waals surface area contributed by atoms with Gasteiger partial charge in [-0.05, 0) is 6.07 Å². The van der Waals surface area contributed by atoms with Gasteiger partial charge < -0.3 is 24.3 Å². The average Bonchev–Trinajstić information content (AvgIpc) is 2.46. The van der Waals surface area contributed by atoms with Crippen molar-refractivity contribution in [3.8, 4) is 17.2 Å². The third-order valence-electron chi connectivity index (χ3n) is 3.03. The van der Waals surface area contributed by atoms with Crippen LogP contribution in [0.2, 0.25) is 0 Å². The van der Waals surface area contributed by atoms with Gasteiger partial charge in [0.05, 0.1) is 40.6 Å². The summed E-state index contributed by atoms with van der Waals surface area (Å²) in [7, 11) is 4.88. The van der Waals surface area contributed by atoms with Crippen molar-refractivity contribution in [3.63, 3.8) is 0 Å². The van der Waals surface area contributed by atoms with Crippen LogP contribution in [0.1, 0.15) is 11.6 Å². The van der Waals surface area contributed by atoms with E-state index in [4.69, 9.17) is 18.9 Å². The van der Waals surface area contributed by atoms with E-state index in [1.807, 2.05) is 12.1 Å². The first-order valence-electron chi connectivity index (χ1n) is 5.91. The molecule has 1 N–H and O–H groups in total. The van der Waals surface area contributed by atoms with Crippen molar-refractivity contribution >= 4 is 12.4 Å². The number of hydrogen-bond donors (Lipinski definition) is 1. The molecule has 0 aliphatic carbocycles. The predicted molar refractivity (Wildman–Crippen MR) is 74.9 cm³/mol. The minimum Gasteiger partial charge on any atom is -0.496 e. The van der Waals surface area contributed by atoms with Crippen molar-refractivity contribution in [3.05, 3.63) is 17.7 Å². The van der Waals surface area contributed by atoms with Gasteiger partial charge in [-0.25, -0.2) is 0 Å². The van der Waals surface area contributed by atoms with Crippen LogP contribution in [0, 0.1) is 0 Å². The summed E-state index contributed by atoms with van der Waals surface area (Å²) in [6, 6.07) is 3.89. The zero-order valence-corrected chi connectivity index (χ0v) is 12.2. The summed E-state index contributed by atoms with van der Waals surface area (Å²) >= 11 is 0. The van der Waals surface area contributed by atoms with E-state index in [-0.39, 0.29) is 18.4 Å². The summed E-state index contributed by atoms with van der Waals surface area (Å²) in [5, 5.41) is 3.40. The topological polar surface area (TPSA) is 49.0 Å². The van der Waals surface area contributed by atoms with E-state index < -0.39 is 0 Å². The molecule has 1 aliphatic rings. The lowest BCUT2D eigenvalue weighted by Crippen LogP contribution is -2.34. The van der Waals surface area contributed by atoms with Crippen LogP contribution < -0.4 is 19.5 Å². The van der Waals surface area contributed by atoms with E-state index in [2.05, 4.69) is 5.32 Å². The Balaban J connectivity index is 0.00000180. The van der Waals surface area contributed by atoms with Crippen LogP contribution in [-0.2, 0) is 4.74 Å². The van der Waals surface area contributed by atoms with Crippen LogP contribution in [0.25, 0.3) is 0 Å². The van der Waals surface area contributed by atoms with Gasteiger partial charge in [0.2, 0.25) is 0 Å². The molecule has 0 bridgehead atoms. The van der Waals surface area contributed by atoms with Crippen LogP contribution >= 0.6 is 12.4 Å². The van der Waals surface area contributed by atoms with Gasteiger partial charge in [0.15, 0.2) is 11.5 Å². The van der Waals surface area contributed by atoms with Gasteiger partial charge in [0.1, 0.15) is 5.75 Å². The molecule has 6 heteroatoms. The summed E-state index contributed by atoms with van der Waals surface area (Å²) in [6.07, 6.45) is 0. The molecule has 19 heavy (non-hydrogen) atoms. The molecule has 5 nitrogen and oxygen atoms in total. The van der Waals surface area contributed by atoms with Crippen molar-refractivity contribution in [2.75, 3.05) is 41.1 Å². The van der Waals surface area contributed by atoms with Crippen molar-refractivity contribution in [1.82, 2.24) is 5.32 Å². The second-order valence-electron chi connectivity index (χ2n) is 4.03. The number of hydrogen-bond acceptors (Lipinski definition) is 5. The highest BCUT2D eigenvalue weighted by Crippen LogP contribution is 2.37. The Morgan fingerprint density at radius 3 is 2.21 bits per heavy atom. The number of morpholine rings is 1. The summed E-state index contributed by atoms with van der Waals surface area (Å²) < 4.78 is 21.5. The first-order chi connectivity index (χ1) is 8.80. The second-order valence-corrected chi connectivity index (χ2v) is 4.03. The molecule has 1 fully saturated rings. The van der Waals surface area contributed by atoms with Gasteiger partial charge in [-0.15, -0.1) is 12.4 Å². The number of benzene rings is 1. The molecule has 1 aromatic carbocycles. The van der Waals surface area contributed by atoms with Gasteiger partial charge in [-0.2, -0.15) is 0 Å². The lowest BCUT2D eigenvalue weighted by molar-refractivity contribution is 0.0759. The van der Waals surface area contributed by atoms with Crippen LogP contribution in [0.3, 0.4) is 0 Å². The van der Waals surface area contributed by atoms with E-state index in [1.54, 1.807) is 21.3 Å². The van der Waals surface area contributed by atoms with Gasteiger partial charge in [-0.3, -0.25) is 0 Å². The van der Waals surface area contributed by atoms with Gasteiger partial charge >= 0.3 is 0 Å². The van der Waals surface area contributed by atoms with Gasteiger partial charge in [-0.1, -0.05) is 0 Å². The molecule has 0 spiro atoms. The lowest BCUT2D eigenvalue weighted by Gasteiger charge is -2.26. The molecule has 0 amide bonds. The summed E-state index contributed by atoms with van der Waals surface area (Å²) in [5.74, 6) is 2.13. The molecule has 1 heterocycles. The average molecular weight is 290 g/mol. The van der Waals surface area contributed by atoms with Crippen molar-refractivity contribution in [2.45, 2.75) is 6.04 Å². The molecular formula is C13H20ClNO4. The highest BCUT2D eigenvalue weighted by atomic mass is 35.5. The van der Waals surface area contributed by atoms with E-state index >= 15 is 0 Å². The Hall–Kier alpha value is -1.17. The molecule has 1 saturated heterocycles. The molecule has 1 atom stereocenters. The molecule has 0 unspecified atom stereocenters. The number of rotatable bonds is 4. The Morgan fingerprint density at radius 1 is 1.05 bits per heavy atom. The summed E-state index contributed by atoms with van der Waals surface area (Å²) in [4.78, 5) is 0. The number of halogens is 1. The predicted octanol–water partition coefficient (Wildman–Crippen LogP) is 1.80. The fourth-order valence-electron chi connectivity index (χ4n) is 2.09. The van der Waals surface area contributed by atoms with Crippen LogP contribution in [0.15, 0.2) is 12.1 Å². The highest BCUT2D eigenvalue weighted by molar-refractivity contribution is 5.85. The van der Waals surface area contributed by atoms with Crippen molar-refractivity contribution in [2.24, 2.45) is 0 Å². The smallest absolute Gasteiger partial charge is 0.164 e. The first-order valence-corrected chi connectivity index (χ1v) is 5.91. The Bertz CT molecular complexity index is 408. The Labute approximate surface area is 119 Å². The van der Waals surface area contributed by atoms with E-state index in [0.717, 1.165) is 24.5 Å². The standard InChI is InChI=1S/C13H19NO4.ClH/c1-15-11-7-13(17-3)12(16-2)6-9(11)10-8-18-5-4-14-10;/h6-7,10,14H,4-5,8H2,1-3H3;1H/t10-;/m0./s1. The lowest BCUT2D eigenvalue weighted by atomic mass is 10.0. The minimum atomic E-state index is 0. The SMILES string of the molecule is COc1cc(OC)c([C@@H]2COCCN2)cc1OC.Cl. The number of ether oxygens (including phenoxy) is 4. The molecule has 0 saturated carbocycles. The molecule has 108 valence electrons. The minimum absolute atomic E-state index is 0. The maximum atomic E-state index is 5.48. The number of nitrogens with one attached hydrogen (secondary N) is 1. The Morgan fingerprint density at radius 2 is 1.68 bits per heavy atom. The summed E-state index contributed by atoms with van der Waals surface area (Å²) in [5.41, 5.74) is 1.02. The third kappa shape index (κ3) is 3.43. The van der Waals surface area contributed by atoms with Crippen molar-refractivity contribution in [1.29, 1.82) is 0 Å². The quantitative estimate of drug-likeness (QED) is 0.916. The van der Waals surface area contributed by atoms with E-state index in [0.29, 0.717) is 18.1 Å². The summed E-state index contributed by atoms with van der Waals surface area (Å²) in [6.45, 7) is 2.21. The molecule has 2 rings (SSSR count). The Kier molecular flexibility index (Phi) is 6.21. The highest BCUT2D eigenvalue weighted by Gasteiger charge is 2.21. The molecule has 0 aromatic heterocycles. The van der Waals surface area contributed by atoms with Crippen molar-refractivity contribution < 1.29 is 18.9 Å². The largest absolute Gasteiger partial charge is 0.496 e. The zero-order chi connectivity index (χ0) is 13.0. The van der Waals surface area contributed by atoms with Gasteiger partial charge in [0, 0.05) is 18.2 Å². The van der Waals surface area contributed by atoms with E-state index in [9.17, 15) is 0 Å².